The van der Waals surface area contributed by atoms with Crippen LogP contribution in [0.25, 0.3) is 11.0 Å². The number of carbonyl (C=O) groups excluding carboxylic acids is 2. The van der Waals surface area contributed by atoms with Gasteiger partial charge in [0.15, 0.2) is 5.69 Å². The third kappa shape index (κ3) is 6.10. The lowest BCUT2D eigenvalue weighted by molar-refractivity contribution is -0.115. The molecule has 33 heavy (non-hydrogen) atoms. The summed E-state index contributed by atoms with van der Waals surface area (Å²) >= 11 is 0. The van der Waals surface area contributed by atoms with Crippen LogP contribution in [0.3, 0.4) is 0 Å². The average Bonchev–Trinajstić information content (AvgIpc) is 3.05. The lowest BCUT2D eigenvalue weighted by atomic mass is 10.1. The van der Waals surface area contributed by atoms with Gasteiger partial charge in [0.1, 0.15) is 5.65 Å². The number of amides is 1. The summed E-state index contributed by atoms with van der Waals surface area (Å²) in [6, 6.07) is 11.3. The molecule has 0 spiro atoms. The number of nitrogens with zero attached hydrogens (tertiary/aromatic N) is 2. The van der Waals surface area contributed by atoms with E-state index in [1.807, 2.05) is 54.8 Å². The number of fused-ring (bicyclic) bond motifs is 1. The molecule has 0 aliphatic rings. The standard InChI is InChI=1S/C25H32N4O4/c1-16(2)15-29-23(25(32)33-4)22(28-21(31)12-18-8-6-5-7-9-18)20-13-19(14-27-24(20)29)26-11-10-17(3)30/h5-9,13-14,16-17,26,30H,10-12,15H2,1-4H3,(H,28,31)/t17-/m0/s1. The molecule has 0 saturated carbocycles. The molecule has 0 aliphatic carbocycles. The highest BCUT2D eigenvalue weighted by Crippen LogP contribution is 2.33. The van der Waals surface area contributed by atoms with Crippen molar-refractivity contribution in [2.24, 2.45) is 5.92 Å². The lowest BCUT2D eigenvalue weighted by Crippen LogP contribution is -2.19. The molecule has 0 saturated heterocycles. The van der Waals surface area contributed by atoms with Crippen LogP contribution >= 0.6 is 0 Å². The Kier molecular flexibility index (Phi) is 8.06. The number of benzene rings is 1. The first-order valence-electron chi connectivity index (χ1n) is 11.2. The number of esters is 1. The van der Waals surface area contributed by atoms with Crippen LogP contribution < -0.4 is 10.6 Å². The van der Waals surface area contributed by atoms with Crippen molar-refractivity contribution >= 4 is 34.3 Å². The molecule has 2 heterocycles. The van der Waals surface area contributed by atoms with Crippen molar-refractivity contribution < 1.29 is 19.4 Å². The number of nitrogens with one attached hydrogen (secondary N) is 2. The summed E-state index contributed by atoms with van der Waals surface area (Å²) in [5, 5.41) is 16.4. The largest absolute Gasteiger partial charge is 0.464 e. The van der Waals surface area contributed by atoms with Crippen molar-refractivity contribution in [3.05, 3.63) is 53.9 Å². The van der Waals surface area contributed by atoms with Crippen LogP contribution in [0.5, 0.6) is 0 Å². The van der Waals surface area contributed by atoms with Crippen molar-refractivity contribution in [3.63, 3.8) is 0 Å². The Labute approximate surface area is 194 Å². The SMILES string of the molecule is COC(=O)c1c(NC(=O)Cc2ccccc2)c2cc(NCC[C@H](C)O)cnc2n1CC(C)C. The van der Waals surface area contributed by atoms with Crippen LogP contribution in [0.4, 0.5) is 11.4 Å². The molecule has 0 fully saturated rings. The molecule has 3 aromatic rings. The van der Waals surface area contributed by atoms with Gasteiger partial charge in [0.05, 0.1) is 37.2 Å². The van der Waals surface area contributed by atoms with E-state index >= 15 is 0 Å². The van der Waals surface area contributed by atoms with E-state index in [0.717, 1.165) is 11.3 Å². The number of aromatic nitrogens is 2. The minimum Gasteiger partial charge on any atom is -0.464 e. The first-order valence-corrected chi connectivity index (χ1v) is 11.2. The van der Waals surface area contributed by atoms with Crippen LogP contribution in [0.1, 0.15) is 43.2 Å². The number of rotatable bonds is 10. The van der Waals surface area contributed by atoms with Crippen LogP contribution in [0.15, 0.2) is 42.6 Å². The van der Waals surface area contributed by atoms with Gasteiger partial charge < -0.3 is 25.0 Å². The molecule has 1 amide bonds. The number of methoxy groups -OCH3 is 1. The number of aliphatic hydroxyl groups is 1. The molecule has 1 aromatic carbocycles. The first-order chi connectivity index (χ1) is 15.8. The van der Waals surface area contributed by atoms with Gasteiger partial charge in [0.2, 0.25) is 5.91 Å². The minimum atomic E-state index is -0.535. The monoisotopic (exact) mass is 452 g/mol. The van der Waals surface area contributed by atoms with E-state index in [4.69, 9.17) is 4.74 Å². The molecular formula is C25H32N4O4. The second kappa shape index (κ2) is 11.0. The van der Waals surface area contributed by atoms with Crippen LogP contribution in [0, 0.1) is 5.92 Å². The quantitative estimate of drug-likeness (QED) is 0.404. The molecule has 1 atom stereocenters. The summed E-state index contributed by atoms with van der Waals surface area (Å²) in [5.41, 5.74) is 2.88. The Morgan fingerprint density at radius 3 is 2.55 bits per heavy atom. The number of ether oxygens (including phenoxy) is 1. The predicted molar refractivity (Wildman–Crippen MR) is 129 cm³/mol. The maximum absolute atomic E-state index is 12.9. The van der Waals surface area contributed by atoms with Gasteiger partial charge in [0.25, 0.3) is 0 Å². The van der Waals surface area contributed by atoms with Gasteiger partial charge in [-0.15, -0.1) is 0 Å². The fourth-order valence-corrected chi connectivity index (χ4v) is 3.69. The predicted octanol–water partition coefficient (Wildman–Crippen LogP) is 3.84. The van der Waals surface area contributed by atoms with Crippen molar-refractivity contribution in [2.45, 2.75) is 46.3 Å². The van der Waals surface area contributed by atoms with Crippen LogP contribution in [0.2, 0.25) is 0 Å². The van der Waals surface area contributed by atoms with Gasteiger partial charge in [0, 0.05) is 18.5 Å². The maximum Gasteiger partial charge on any atom is 0.356 e. The average molecular weight is 453 g/mol. The number of hydrogen-bond donors (Lipinski definition) is 3. The molecule has 0 radical (unpaired) electrons. The molecular weight excluding hydrogens is 420 g/mol. The first kappa shape index (κ1) is 24.3. The second-order valence-electron chi connectivity index (χ2n) is 8.59. The van der Waals surface area contributed by atoms with Gasteiger partial charge >= 0.3 is 5.97 Å². The van der Waals surface area contributed by atoms with Crippen molar-refractivity contribution in [1.29, 1.82) is 0 Å². The summed E-state index contributed by atoms with van der Waals surface area (Å²) in [6.45, 7) is 6.94. The summed E-state index contributed by atoms with van der Waals surface area (Å²) in [7, 11) is 1.33. The Morgan fingerprint density at radius 1 is 1.18 bits per heavy atom. The van der Waals surface area contributed by atoms with Gasteiger partial charge in [-0.3, -0.25) is 4.79 Å². The van der Waals surface area contributed by atoms with Gasteiger partial charge in [-0.05, 0) is 30.9 Å². The Hall–Kier alpha value is -3.39. The minimum absolute atomic E-state index is 0.179. The highest BCUT2D eigenvalue weighted by Gasteiger charge is 2.26. The normalized spacial score (nSPS) is 12.1. The zero-order valence-electron chi connectivity index (χ0n) is 19.6. The molecule has 3 N–H and O–H groups in total. The summed E-state index contributed by atoms with van der Waals surface area (Å²) in [6.07, 6.45) is 2.04. The summed E-state index contributed by atoms with van der Waals surface area (Å²) in [4.78, 5) is 30.3. The van der Waals surface area contributed by atoms with E-state index in [1.165, 1.54) is 7.11 Å². The van der Waals surface area contributed by atoms with E-state index in [-0.39, 0.29) is 23.9 Å². The third-order valence-corrected chi connectivity index (χ3v) is 5.19. The molecule has 176 valence electrons. The Morgan fingerprint density at radius 2 is 1.91 bits per heavy atom. The second-order valence-corrected chi connectivity index (χ2v) is 8.59. The molecule has 8 heteroatoms. The highest BCUT2D eigenvalue weighted by molar-refractivity contribution is 6.11. The fourth-order valence-electron chi connectivity index (χ4n) is 3.69. The van der Waals surface area contributed by atoms with E-state index in [9.17, 15) is 14.7 Å². The van der Waals surface area contributed by atoms with Crippen molar-refractivity contribution in [3.8, 4) is 0 Å². The van der Waals surface area contributed by atoms with Gasteiger partial charge in [-0.1, -0.05) is 44.2 Å². The van der Waals surface area contributed by atoms with E-state index in [0.29, 0.717) is 36.2 Å². The van der Waals surface area contributed by atoms with Gasteiger partial charge in [-0.2, -0.15) is 0 Å². The summed E-state index contributed by atoms with van der Waals surface area (Å²) < 4.78 is 6.88. The zero-order chi connectivity index (χ0) is 24.0. The summed E-state index contributed by atoms with van der Waals surface area (Å²) in [5.74, 6) is -0.530. The molecule has 3 rings (SSSR count). The molecule has 8 nitrogen and oxygen atoms in total. The molecule has 2 aromatic heterocycles. The van der Waals surface area contributed by atoms with E-state index < -0.39 is 12.1 Å². The number of hydrogen-bond acceptors (Lipinski definition) is 6. The van der Waals surface area contributed by atoms with E-state index in [1.54, 1.807) is 13.1 Å². The third-order valence-electron chi connectivity index (χ3n) is 5.19. The number of aliphatic hydroxyl groups excluding tert-OH is 1. The Bertz CT molecular complexity index is 1110. The highest BCUT2D eigenvalue weighted by atomic mass is 16.5. The molecule has 0 unspecified atom stereocenters. The fraction of sp³-hybridized carbons (Fsp3) is 0.400. The van der Waals surface area contributed by atoms with Crippen molar-refractivity contribution in [1.82, 2.24) is 9.55 Å². The Balaban J connectivity index is 2.05. The number of carbonyl (C=O) groups is 2. The number of pyridine rings is 1. The van der Waals surface area contributed by atoms with Crippen LogP contribution in [-0.2, 0) is 22.5 Å². The lowest BCUT2D eigenvalue weighted by Gasteiger charge is -2.12. The maximum atomic E-state index is 12.9. The topological polar surface area (TPSA) is 105 Å². The number of anilines is 2. The van der Waals surface area contributed by atoms with Crippen LogP contribution in [-0.4, -0.2) is 46.3 Å². The molecule has 0 bridgehead atoms. The van der Waals surface area contributed by atoms with Crippen molar-refractivity contribution in [2.75, 3.05) is 24.3 Å². The van der Waals surface area contributed by atoms with E-state index in [2.05, 4.69) is 15.6 Å². The zero-order valence-corrected chi connectivity index (χ0v) is 19.6. The smallest absolute Gasteiger partial charge is 0.356 e. The van der Waals surface area contributed by atoms with Gasteiger partial charge in [-0.25, -0.2) is 9.78 Å². The molecule has 0 aliphatic heterocycles.